The van der Waals surface area contributed by atoms with E-state index in [1.165, 1.54) is 24.1 Å². The van der Waals surface area contributed by atoms with Crippen molar-refractivity contribution in [1.29, 1.82) is 0 Å². The first-order chi connectivity index (χ1) is 18.6. The lowest BCUT2D eigenvalue weighted by Crippen LogP contribution is -2.46. The molecule has 0 radical (unpaired) electrons. The smallest absolute Gasteiger partial charge is 0.274 e. The Morgan fingerprint density at radius 3 is 2.58 bits per heavy atom. The van der Waals surface area contributed by atoms with Gasteiger partial charge in [-0.1, -0.05) is 18.2 Å². The fraction of sp³-hybridized carbons (Fsp3) is 0.321. The lowest BCUT2D eigenvalue weighted by molar-refractivity contribution is 0.102. The highest BCUT2D eigenvalue weighted by Crippen LogP contribution is 2.39. The van der Waals surface area contributed by atoms with Crippen molar-refractivity contribution in [2.24, 2.45) is 0 Å². The van der Waals surface area contributed by atoms with Crippen LogP contribution in [0.1, 0.15) is 46.1 Å². The van der Waals surface area contributed by atoms with Gasteiger partial charge in [0.2, 0.25) is 5.95 Å². The first-order valence-corrected chi connectivity index (χ1v) is 13.1. The molecule has 1 saturated carbocycles. The van der Waals surface area contributed by atoms with Gasteiger partial charge in [-0.3, -0.25) is 19.8 Å². The number of hydrogen-bond donors (Lipinski definition) is 3. The number of rotatable bonds is 8. The third-order valence-corrected chi connectivity index (χ3v) is 7.01. The molecule has 3 aromatic heterocycles. The molecule has 194 valence electrons. The van der Waals surface area contributed by atoms with Gasteiger partial charge in [0.25, 0.3) is 5.91 Å². The molecule has 1 amide bonds. The lowest BCUT2D eigenvalue weighted by atomic mass is 10.1. The molecule has 1 aromatic carbocycles. The normalized spacial score (nSPS) is 15.9. The molecule has 0 spiro atoms. The summed E-state index contributed by atoms with van der Waals surface area (Å²) in [5.74, 6) is 2.71. The zero-order chi connectivity index (χ0) is 25.9. The minimum Gasteiger partial charge on any atom is -0.338 e. The number of carbonyl (C=O) groups is 1. The second-order valence-corrected chi connectivity index (χ2v) is 9.93. The number of hydrogen-bond acceptors (Lipinski definition) is 8. The number of nitrogens with zero attached hydrogens (tertiary/aromatic N) is 6. The maximum Gasteiger partial charge on any atom is 0.274 e. The number of aryl methyl sites for hydroxylation is 1. The van der Waals surface area contributed by atoms with E-state index in [4.69, 9.17) is 4.98 Å². The third-order valence-electron chi connectivity index (χ3n) is 7.01. The number of benzene rings is 1. The molecule has 4 heterocycles. The Hall–Kier alpha value is -4.31. The number of aromatic amines is 1. The van der Waals surface area contributed by atoms with Crippen LogP contribution in [0, 0.1) is 6.92 Å². The highest BCUT2D eigenvalue weighted by molar-refractivity contribution is 6.03. The quantitative estimate of drug-likeness (QED) is 0.325. The molecule has 1 aliphatic carbocycles. The van der Waals surface area contributed by atoms with E-state index in [1.54, 1.807) is 12.4 Å². The van der Waals surface area contributed by atoms with Gasteiger partial charge < -0.3 is 15.5 Å². The van der Waals surface area contributed by atoms with E-state index in [0.29, 0.717) is 11.6 Å². The Labute approximate surface area is 221 Å². The summed E-state index contributed by atoms with van der Waals surface area (Å²) in [7, 11) is 0. The summed E-state index contributed by atoms with van der Waals surface area (Å²) in [6.07, 6.45) is 5.90. The molecule has 2 aliphatic rings. The second kappa shape index (κ2) is 10.6. The van der Waals surface area contributed by atoms with Gasteiger partial charge >= 0.3 is 0 Å². The molecule has 10 nitrogen and oxygen atoms in total. The van der Waals surface area contributed by atoms with Gasteiger partial charge in [-0.25, -0.2) is 4.98 Å². The van der Waals surface area contributed by atoms with Crippen molar-refractivity contribution in [3.8, 4) is 0 Å². The van der Waals surface area contributed by atoms with Crippen LogP contribution >= 0.6 is 0 Å². The fourth-order valence-corrected chi connectivity index (χ4v) is 4.68. The zero-order valence-electron chi connectivity index (χ0n) is 21.4. The van der Waals surface area contributed by atoms with Crippen molar-refractivity contribution < 1.29 is 4.79 Å². The highest BCUT2D eigenvalue weighted by atomic mass is 16.1. The molecule has 1 aliphatic heterocycles. The van der Waals surface area contributed by atoms with Crippen molar-refractivity contribution >= 4 is 29.2 Å². The molecule has 1 saturated heterocycles. The predicted octanol–water partition coefficient (Wildman–Crippen LogP) is 4.10. The van der Waals surface area contributed by atoms with Gasteiger partial charge in [-0.05, 0) is 55.2 Å². The summed E-state index contributed by atoms with van der Waals surface area (Å²) in [4.78, 5) is 30.6. The lowest BCUT2D eigenvalue weighted by Gasteiger charge is -2.34. The number of anilines is 4. The first-order valence-electron chi connectivity index (χ1n) is 13.1. The summed E-state index contributed by atoms with van der Waals surface area (Å²) in [5, 5.41) is 13.7. The largest absolute Gasteiger partial charge is 0.338 e. The van der Waals surface area contributed by atoms with Crippen LogP contribution in [-0.4, -0.2) is 62.1 Å². The van der Waals surface area contributed by atoms with Crippen molar-refractivity contribution in [3.05, 3.63) is 83.4 Å². The van der Waals surface area contributed by atoms with E-state index in [9.17, 15) is 4.79 Å². The zero-order valence-corrected chi connectivity index (χ0v) is 21.4. The van der Waals surface area contributed by atoms with Crippen molar-refractivity contribution in [3.63, 3.8) is 0 Å². The first kappa shape index (κ1) is 24.1. The Morgan fingerprint density at radius 1 is 1.00 bits per heavy atom. The maximum absolute atomic E-state index is 12.5. The minimum absolute atomic E-state index is 0.194. The molecule has 0 unspecified atom stereocenters. The maximum atomic E-state index is 12.5. The number of piperazine rings is 1. The molecule has 4 aromatic rings. The number of pyridine rings is 1. The summed E-state index contributed by atoms with van der Waals surface area (Å²) < 4.78 is 0. The van der Waals surface area contributed by atoms with Crippen molar-refractivity contribution in [2.75, 3.05) is 41.7 Å². The van der Waals surface area contributed by atoms with Crippen LogP contribution in [0.15, 0.2) is 60.9 Å². The average molecular weight is 510 g/mol. The SMILES string of the molecule is Cc1cccnc1C(=O)Nc1ccc(CN2CCN(c3nccc(Nc4cc(C5CC5)[nH]n4)n3)CC2)cc1. The molecule has 10 heteroatoms. The third kappa shape index (κ3) is 5.65. The van der Waals surface area contributed by atoms with E-state index in [2.05, 4.69) is 58.8 Å². The van der Waals surface area contributed by atoms with Gasteiger partial charge in [0.05, 0.1) is 0 Å². The van der Waals surface area contributed by atoms with Crippen molar-refractivity contribution in [2.45, 2.75) is 32.2 Å². The Kier molecular flexibility index (Phi) is 6.70. The summed E-state index contributed by atoms with van der Waals surface area (Å²) in [6.45, 7) is 6.29. The molecular weight excluding hydrogens is 478 g/mol. The fourth-order valence-electron chi connectivity index (χ4n) is 4.68. The van der Waals surface area contributed by atoms with Crippen LogP contribution in [0.3, 0.4) is 0 Å². The standard InChI is InChI=1S/C28H31N9O/c1-19-3-2-11-29-26(19)27(38)31-22-8-4-20(5-9-22)18-36-13-15-37(16-14-36)28-30-12-10-24(33-28)32-25-17-23(34-35-25)21-6-7-21/h2-5,8-12,17,21H,6-7,13-16,18H2,1H3,(H,31,38)(H2,30,32,33,34,35). The van der Waals surface area contributed by atoms with Gasteiger partial charge in [-0.2, -0.15) is 10.1 Å². The highest BCUT2D eigenvalue weighted by Gasteiger charge is 2.25. The molecule has 3 N–H and O–H groups in total. The van der Waals surface area contributed by atoms with Crippen LogP contribution in [-0.2, 0) is 6.54 Å². The number of nitrogens with one attached hydrogen (secondary N) is 3. The molecule has 0 bridgehead atoms. The van der Waals surface area contributed by atoms with Crippen LogP contribution in [0.4, 0.5) is 23.3 Å². The second-order valence-electron chi connectivity index (χ2n) is 9.93. The Bertz CT molecular complexity index is 1410. The Morgan fingerprint density at radius 2 is 1.82 bits per heavy atom. The van der Waals surface area contributed by atoms with Crippen LogP contribution in [0.5, 0.6) is 0 Å². The van der Waals surface area contributed by atoms with Crippen LogP contribution in [0.25, 0.3) is 0 Å². The van der Waals surface area contributed by atoms with Crippen LogP contribution in [0.2, 0.25) is 0 Å². The van der Waals surface area contributed by atoms with Gasteiger partial charge in [0.15, 0.2) is 5.82 Å². The van der Waals surface area contributed by atoms with Gasteiger partial charge in [-0.15, -0.1) is 0 Å². The average Bonchev–Trinajstić information content (AvgIpc) is 3.69. The minimum atomic E-state index is -0.194. The summed E-state index contributed by atoms with van der Waals surface area (Å²) in [6, 6.07) is 15.7. The molecule has 38 heavy (non-hydrogen) atoms. The molecule has 2 fully saturated rings. The molecular formula is C28H31N9O. The van der Waals surface area contributed by atoms with Gasteiger partial charge in [0, 0.05) is 68.5 Å². The van der Waals surface area contributed by atoms with Crippen LogP contribution < -0.4 is 15.5 Å². The summed E-state index contributed by atoms with van der Waals surface area (Å²) >= 11 is 0. The van der Waals surface area contributed by atoms with Gasteiger partial charge in [0.1, 0.15) is 11.5 Å². The van der Waals surface area contributed by atoms with E-state index < -0.39 is 0 Å². The number of aromatic nitrogens is 5. The number of carbonyl (C=O) groups excluding carboxylic acids is 1. The molecule has 6 rings (SSSR count). The topological polar surface area (TPSA) is 115 Å². The van der Waals surface area contributed by atoms with E-state index in [0.717, 1.165) is 61.6 Å². The van der Waals surface area contributed by atoms with E-state index >= 15 is 0 Å². The Balaban J connectivity index is 0.999. The summed E-state index contributed by atoms with van der Waals surface area (Å²) in [5.41, 5.74) is 4.46. The number of H-pyrrole nitrogens is 1. The molecule has 0 atom stereocenters. The predicted molar refractivity (Wildman–Crippen MR) is 147 cm³/mol. The van der Waals surface area contributed by atoms with E-state index in [-0.39, 0.29) is 5.91 Å². The van der Waals surface area contributed by atoms with Crippen molar-refractivity contribution in [1.82, 2.24) is 30.0 Å². The number of amides is 1. The van der Waals surface area contributed by atoms with E-state index in [1.807, 2.05) is 37.3 Å². The monoisotopic (exact) mass is 509 g/mol.